The predicted molar refractivity (Wildman–Crippen MR) is 97.8 cm³/mol. The quantitative estimate of drug-likeness (QED) is 0.531. The molecule has 0 aliphatic carbocycles. The number of pyridine rings is 1. The Kier molecular flexibility index (Phi) is 3.54. The van der Waals surface area contributed by atoms with Gasteiger partial charge in [0.25, 0.3) is 0 Å². The fourth-order valence-electron chi connectivity index (χ4n) is 3.13. The Morgan fingerprint density at radius 3 is 2.54 bits per heavy atom. The van der Waals surface area contributed by atoms with Crippen molar-refractivity contribution >= 4 is 10.9 Å². The van der Waals surface area contributed by atoms with Gasteiger partial charge in [-0.15, -0.1) is 0 Å². The third kappa shape index (κ3) is 2.35. The van der Waals surface area contributed by atoms with Gasteiger partial charge in [0.1, 0.15) is 5.75 Å². The molecule has 4 aromatic rings. The molecule has 3 nitrogen and oxygen atoms in total. The number of aryl methyl sites for hydroxylation is 1. The van der Waals surface area contributed by atoms with E-state index in [0.717, 1.165) is 33.7 Å². The molecule has 0 fully saturated rings. The molecule has 0 radical (unpaired) electrons. The van der Waals surface area contributed by atoms with Gasteiger partial charge in [-0.2, -0.15) is 0 Å². The van der Waals surface area contributed by atoms with Gasteiger partial charge in [-0.25, -0.2) is 0 Å². The van der Waals surface area contributed by atoms with Crippen LogP contribution in [0.3, 0.4) is 0 Å². The molecule has 118 valence electrons. The predicted octanol–water partition coefficient (Wildman–Crippen LogP) is 5.01. The molecule has 0 spiro atoms. The summed E-state index contributed by atoms with van der Waals surface area (Å²) < 4.78 is 7.75. The first kappa shape index (κ1) is 14.5. The topological polar surface area (TPSA) is 27.1 Å². The zero-order valence-corrected chi connectivity index (χ0v) is 13.7. The van der Waals surface area contributed by atoms with Crippen LogP contribution in [0.2, 0.25) is 0 Å². The zero-order chi connectivity index (χ0) is 16.5. The summed E-state index contributed by atoms with van der Waals surface area (Å²) in [7, 11) is 1.70. The normalized spacial score (nSPS) is 10.9. The molecule has 0 aliphatic heterocycles. The van der Waals surface area contributed by atoms with Crippen molar-refractivity contribution in [3.8, 4) is 22.7 Å². The van der Waals surface area contributed by atoms with E-state index >= 15 is 0 Å². The molecule has 4 rings (SSSR count). The van der Waals surface area contributed by atoms with Crippen molar-refractivity contribution in [2.75, 3.05) is 7.11 Å². The highest BCUT2D eigenvalue weighted by Crippen LogP contribution is 2.32. The number of methoxy groups -OCH3 is 1. The molecule has 2 heterocycles. The molecule has 0 unspecified atom stereocenters. The van der Waals surface area contributed by atoms with E-state index in [2.05, 4.69) is 65.0 Å². The lowest BCUT2D eigenvalue weighted by molar-refractivity contribution is 0.415. The van der Waals surface area contributed by atoms with E-state index in [1.54, 1.807) is 7.11 Å². The minimum absolute atomic E-state index is 0.831. The van der Waals surface area contributed by atoms with Crippen molar-refractivity contribution in [2.45, 2.75) is 6.92 Å². The Morgan fingerprint density at radius 2 is 1.75 bits per heavy atom. The fraction of sp³-hybridized carbons (Fsp3) is 0.0952. The second-order valence-electron chi connectivity index (χ2n) is 5.78. The number of fused-ring (bicyclic) bond motifs is 1. The molecule has 3 heteroatoms. The molecular weight excluding hydrogens is 296 g/mol. The van der Waals surface area contributed by atoms with Gasteiger partial charge in [0.2, 0.25) is 0 Å². The average molecular weight is 314 g/mol. The summed E-state index contributed by atoms with van der Waals surface area (Å²) in [6.45, 7) is 2.11. The van der Waals surface area contributed by atoms with Gasteiger partial charge >= 0.3 is 0 Å². The number of benzene rings is 2. The zero-order valence-electron chi connectivity index (χ0n) is 13.7. The molecule has 0 bridgehead atoms. The van der Waals surface area contributed by atoms with Crippen molar-refractivity contribution < 1.29 is 4.74 Å². The Morgan fingerprint density at radius 1 is 0.917 bits per heavy atom. The van der Waals surface area contributed by atoms with Gasteiger partial charge in [0.15, 0.2) is 0 Å². The van der Waals surface area contributed by atoms with E-state index in [4.69, 9.17) is 4.74 Å². The van der Waals surface area contributed by atoms with Gasteiger partial charge in [-0.3, -0.25) is 4.98 Å². The lowest BCUT2D eigenvalue weighted by Crippen LogP contribution is -2.01. The highest BCUT2D eigenvalue weighted by atomic mass is 16.5. The van der Waals surface area contributed by atoms with Crippen LogP contribution in [0.1, 0.15) is 5.69 Å². The Balaban J connectivity index is 2.04. The van der Waals surface area contributed by atoms with Gasteiger partial charge in [0, 0.05) is 23.3 Å². The molecule has 2 aromatic heterocycles. The van der Waals surface area contributed by atoms with Crippen LogP contribution >= 0.6 is 0 Å². The minimum atomic E-state index is 0.831. The molecule has 0 aliphatic rings. The van der Waals surface area contributed by atoms with Gasteiger partial charge in [-0.1, -0.05) is 36.4 Å². The number of rotatable bonds is 3. The molecule has 0 atom stereocenters. The standard InChI is InChI=1S/C21H18N2O/c1-15-10-11-19(16-7-4-3-5-8-16)23(15)20-14-18(24-2)13-17-9-6-12-22-21(17)20/h3-14H,1-2H3. The Labute approximate surface area is 141 Å². The summed E-state index contributed by atoms with van der Waals surface area (Å²) in [5, 5.41) is 1.07. The van der Waals surface area contributed by atoms with E-state index in [0.29, 0.717) is 0 Å². The van der Waals surface area contributed by atoms with E-state index in [9.17, 15) is 0 Å². The summed E-state index contributed by atoms with van der Waals surface area (Å²) >= 11 is 0. The second kappa shape index (κ2) is 5.85. The van der Waals surface area contributed by atoms with Crippen LogP contribution in [-0.4, -0.2) is 16.7 Å². The third-order valence-corrected chi connectivity index (χ3v) is 4.28. The monoisotopic (exact) mass is 314 g/mol. The molecular formula is C21H18N2O. The van der Waals surface area contributed by atoms with Crippen molar-refractivity contribution in [2.24, 2.45) is 0 Å². The first-order valence-corrected chi connectivity index (χ1v) is 7.95. The van der Waals surface area contributed by atoms with E-state index in [1.807, 2.05) is 24.4 Å². The highest BCUT2D eigenvalue weighted by Gasteiger charge is 2.14. The van der Waals surface area contributed by atoms with Gasteiger partial charge in [0.05, 0.1) is 24.0 Å². The Hall–Kier alpha value is -3.07. The van der Waals surface area contributed by atoms with Crippen LogP contribution < -0.4 is 4.74 Å². The summed E-state index contributed by atoms with van der Waals surface area (Å²) in [6.07, 6.45) is 1.83. The molecule has 2 aromatic carbocycles. The highest BCUT2D eigenvalue weighted by molar-refractivity contribution is 5.89. The average Bonchev–Trinajstić information content (AvgIpc) is 3.03. The number of ether oxygens (including phenoxy) is 1. The summed E-state index contributed by atoms with van der Waals surface area (Å²) in [4.78, 5) is 4.61. The summed E-state index contributed by atoms with van der Waals surface area (Å²) in [6, 6.07) is 22.8. The van der Waals surface area contributed by atoms with E-state index < -0.39 is 0 Å². The van der Waals surface area contributed by atoms with Crippen LogP contribution in [0.25, 0.3) is 27.8 Å². The van der Waals surface area contributed by atoms with E-state index in [1.165, 1.54) is 5.56 Å². The number of aromatic nitrogens is 2. The molecule has 0 N–H and O–H groups in total. The second-order valence-corrected chi connectivity index (χ2v) is 5.78. The first-order chi connectivity index (χ1) is 11.8. The lowest BCUT2D eigenvalue weighted by atomic mass is 10.1. The van der Waals surface area contributed by atoms with Gasteiger partial charge < -0.3 is 9.30 Å². The molecule has 0 saturated heterocycles. The third-order valence-electron chi connectivity index (χ3n) is 4.28. The van der Waals surface area contributed by atoms with E-state index in [-0.39, 0.29) is 0 Å². The molecule has 24 heavy (non-hydrogen) atoms. The Bertz CT molecular complexity index is 1000. The van der Waals surface area contributed by atoms with Gasteiger partial charge in [-0.05, 0) is 36.8 Å². The number of nitrogens with zero attached hydrogens (tertiary/aromatic N) is 2. The lowest BCUT2D eigenvalue weighted by Gasteiger charge is -2.15. The van der Waals surface area contributed by atoms with Crippen molar-refractivity contribution in [3.63, 3.8) is 0 Å². The number of hydrogen-bond acceptors (Lipinski definition) is 2. The maximum Gasteiger partial charge on any atom is 0.121 e. The van der Waals surface area contributed by atoms with Crippen LogP contribution in [0.5, 0.6) is 5.75 Å². The largest absolute Gasteiger partial charge is 0.497 e. The van der Waals surface area contributed by atoms with Crippen LogP contribution in [0.4, 0.5) is 0 Å². The van der Waals surface area contributed by atoms with Crippen LogP contribution in [0, 0.1) is 6.92 Å². The molecule has 0 saturated carbocycles. The summed E-state index contributed by atoms with van der Waals surface area (Å²) in [5.74, 6) is 0.831. The van der Waals surface area contributed by atoms with Crippen LogP contribution in [-0.2, 0) is 0 Å². The van der Waals surface area contributed by atoms with Crippen molar-refractivity contribution in [1.82, 2.24) is 9.55 Å². The smallest absolute Gasteiger partial charge is 0.121 e. The maximum atomic E-state index is 5.51. The maximum absolute atomic E-state index is 5.51. The van der Waals surface area contributed by atoms with Crippen LogP contribution in [0.15, 0.2) is 72.9 Å². The SMILES string of the molecule is COc1cc(-n2c(C)ccc2-c2ccccc2)c2ncccc2c1. The number of hydrogen-bond donors (Lipinski definition) is 0. The minimum Gasteiger partial charge on any atom is -0.497 e. The van der Waals surface area contributed by atoms with Crippen molar-refractivity contribution in [1.29, 1.82) is 0 Å². The fourth-order valence-corrected chi connectivity index (χ4v) is 3.13. The van der Waals surface area contributed by atoms with Crippen molar-refractivity contribution in [3.05, 3.63) is 78.6 Å². The molecule has 0 amide bonds. The summed E-state index contributed by atoms with van der Waals surface area (Å²) in [5.41, 5.74) is 5.49. The first-order valence-electron chi connectivity index (χ1n) is 7.95.